The minimum atomic E-state index is -1.38. The lowest BCUT2D eigenvalue weighted by atomic mass is 10.1. The summed E-state index contributed by atoms with van der Waals surface area (Å²) in [6.45, 7) is 4.40. The summed E-state index contributed by atoms with van der Waals surface area (Å²) in [4.78, 5) is 62.8. The van der Waals surface area contributed by atoms with Crippen LogP contribution in [0.1, 0.15) is 44.9 Å². The monoisotopic (exact) mass is 679 g/mol. The summed E-state index contributed by atoms with van der Waals surface area (Å²) < 4.78 is 40.7. The first-order valence-electron chi connectivity index (χ1n) is 15.0. The number of allylic oxidation sites excluding steroid dienone is 1. The Balaban J connectivity index is 1.59. The Morgan fingerprint density at radius 2 is 1.82 bits per heavy atom. The van der Waals surface area contributed by atoms with Gasteiger partial charge in [0.15, 0.2) is 0 Å². The van der Waals surface area contributed by atoms with Crippen LogP contribution in [0.2, 0.25) is 0 Å². The molecule has 0 saturated heterocycles. The van der Waals surface area contributed by atoms with Gasteiger partial charge in [0.1, 0.15) is 46.8 Å². The standard InChI is InChI=1S/C34H35F2N5O8/c1-34(2,3)49-32(45)39-25(9-4-5-12-28(37)42)30(43)38-26-10-7-15-40(31(26)44)18-23-16-20-8-6-11-27(29(20)41(23)33(46)47)48-19-21-13-14-22(35)17-24(21)36/h5-8,10-17,25H,4,9,18-19H2,1-3H3,(H2,37,42)(H,38,43)(H,39,45)(H,46,47)/b12-5+/t25-/m0/s1. The second kappa shape index (κ2) is 15.3. The second-order valence-corrected chi connectivity index (χ2v) is 11.9. The number of carbonyl (C=O) groups is 4. The molecule has 258 valence electrons. The second-order valence-electron chi connectivity index (χ2n) is 11.9. The SMILES string of the molecule is CC(C)(C)OC(=O)N[C@@H](CC/C=C/C(N)=O)C(=O)Nc1cccn(Cc2cc3cccc(OCc4ccc(F)cc4F)c3n2C(=O)O)c1=O. The van der Waals surface area contributed by atoms with Crippen molar-refractivity contribution in [2.24, 2.45) is 5.73 Å². The van der Waals surface area contributed by atoms with Crippen LogP contribution >= 0.6 is 0 Å². The predicted molar refractivity (Wildman–Crippen MR) is 175 cm³/mol. The predicted octanol–water partition coefficient (Wildman–Crippen LogP) is 4.89. The number of carboxylic acid groups (broad SMARTS) is 1. The van der Waals surface area contributed by atoms with Crippen molar-refractivity contribution in [2.75, 3.05) is 5.32 Å². The maximum Gasteiger partial charge on any atom is 0.416 e. The van der Waals surface area contributed by atoms with Crippen molar-refractivity contribution < 1.29 is 42.5 Å². The lowest BCUT2D eigenvalue weighted by Gasteiger charge is -2.23. The first-order chi connectivity index (χ1) is 23.1. The number of fused-ring (bicyclic) bond motifs is 1. The van der Waals surface area contributed by atoms with Crippen LogP contribution in [0.15, 0.2) is 77.7 Å². The highest BCUT2D eigenvalue weighted by molar-refractivity contribution is 5.96. The number of anilines is 1. The lowest BCUT2D eigenvalue weighted by Crippen LogP contribution is -2.46. The van der Waals surface area contributed by atoms with E-state index in [4.69, 9.17) is 15.2 Å². The van der Waals surface area contributed by atoms with Crippen molar-refractivity contribution in [1.29, 1.82) is 0 Å². The molecule has 3 amide bonds. The molecule has 0 bridgehead atoms. The number of carbonyl (C=O) groups excluding carboxylic acids is 3. The number of benzene rings is 2. The first kappa shape index (κ1) is 35.9. The van der Waals surface area contributed by atoms with E-state index in [0.29, 0.717) is 11.5 Å². The molecule has 2 aromatic heterocycles. The number of rotatable bonds is 12. The van der Waals surface area contributed by atoms with Crippen LogP contribution in [0.5, 0.6) is 5.75 Å². The maximum absolute atomic E-state index is 14.2. The highest BCUT2D eigenvalue weighted by Gasteiger charge is 2.25. The molecule has 1 atom stereocenters. The Labute approximate surface area is 278 Å². The van der Waals surface area contributed by atoms with Gasteiger partial charge in [-0.25, -0.2) is 22.9 Å². The number of nitrogens with two attached hydrogens (primary N) is 1. The first-order valence-corrected chi connectivity index (χ1v) is 15.0. The Morgan fingerprint density at radius 3 is 2.49 bits per heavy atom. The summed E-state index contributed by atoms with van der Waals surface area (Å²) in [6.07, 6.45) is 1.93. The Morgan fingerprint density at radius 1 is 1.06 bits per heavy atom. The maximum atomic E-state index is 14.2. The minimum Gasteiger partial charge on any atom is -0.487 e. The molecule has 0 radical (unpaired) electrons. The van der Waals surface area contributed by atoms with E-state index in [0.717, 1.165) is 16.7 Å². The number of pyridine rings is 1. The molecular weight excluding hydrogens is 644 g/mol. The largest absolute Gasteiger partial charge is 0.487 e. The lowest BCUT2D eigenvalue weighted by molar-refractivity contribution is -0.118. The number of para-hydroxylation sites is 1. The molecule has 0 aliphatic rings. The third-order valence-electron chi connectivity index (χ3n) is 6.97. The van der Waals surface area contributed by atoms with Gasteiger partial charge < -0.3 is 35.5 Å². The van der Waals surface area contributed by atoms with Crippen LogP contribution in [0.3, 0.4) is 0 Å². The van der Waals surface area contributed by atoms with E-state index in [2.05, 4.69) is 10.6 Å². The van der Waals surface area contributed by atoms with Gasteiger partial charge in [-0.3, -0.25) is 14.4 Å². The van der Waals surface area contributed by atoms with Crippen molar-refractivity contribution in [3.63, 3.8) is 0 Å². The molecule has 13 nitrogen and oxygen atoms in total. The van der Waals surface area contributed by atoms with E-state index in [1.807, 2.05) is 0 Å². The Bertz CT molecular complexity index is 1980. The fraction of sp³-hybridized carbons (Fsp3) is 0.265. The van der Waals surface area contributed by atoms with E-state index in [1.165, 1.54) is 41.1 Å². The van der Waals surface area contributed by atoms with Gasteiger partial charge in [-0.2, -0.15) is 0 Å². The number of aromatic nitrogens is 2. The van der Waals surface area contributed by atoms with Crippen molar-refractivity contribution in [3.05, 3.63) is 106 Å². The zero-order chi connectivity index (χ0) is 35.9. The fourth-order valence-corrected chi connectivity index (χ4v) is 4.86. The fourth-order valence-electron chi connectivity index (χ4n) is 4.86. The van der Waals surface area contributed by atoms with Crippen LogP contribution < -0.4 is 26.7 Å². The number of primary amides is 1. The topological polar surface area (TPSA) is 184 Å². The Kier molecular flexibility index (Phi) is 11.2. The van der Waals surface area contributed by atoms with Crippen molar-refractivity contribution in [3.8, 4) is 5.75 Å². The normalized spacial score (nSPS) is 12.1. The average molecular weight is 680 g/mol. The number of nitrogens with one attached hydrogen (secondary N) is 2. The van der Waals surface area contributed by atoms with Gasteiger partial charge in [0, 0.05) is 23.2 Å². The van der Waals surface area contributed by atoms with Gasteiger partial charge in [0.05, 0.1) is 12.2 Å². The molecule has 0 aliphatic carbocycles. The van der Waals surface area contributed by atoms with Gasteiger partial charge in [-0.15, -0.1) is 0 Å². The van der Waals surface area contributed by atoms with Crippen molar-refractivity contribution in [2.45, 2.75) is 58.4 Å². The molecule has 0 aliphatic heterocycles. The molecule has 2 aromatic carbocycles. The minimum absolute atomic E-state index is 0.0345. The summed E-state index contributed by atoms with van der Waals surface area (Å²) in [6, 6.07) is 11.0. The van der Waals surface area contributed by atoms with E-state index in [9.17, 15) is 37.9 Å². The molecule has 4 rings (SSSR count). The van der Waals surface area contributed by atoms with Crippen molar-refractivity contribution in [1.82, 2.24) is 14.5 Å². The molecular formula is C34H35F2N5O8. The van der Waals surface area contributed by atoms with E-state index in [-0.39, 0.29) is 54.2 Å². The van der Waals surface area contributed by atoms with E-state index in [1.54, 1.807) is 39.0 Å². The number of nitrogens with zero attached hydrogens (tertiary/aromatic N) is 2. The summed E-state index contributed by atoms with van der Waals surface area (Å²) >= 11 is 0. The molecule has 0 fully saturated rings. The molecule has 2 heterocycles. The van der Waals surface area contributed by atoms with Gasteiger partial charge in [-0.05, 0) is 76.1 Å². The quantitative estimate of drug-likeness (QED) is 0.153. The van der Waals surface area contributed by atoms with Crippen LogP contribution in [-0.4, -0.2) is 49.9 Å². The van der Waals surface area contributed by atoms with Crippen LogP contribution in [-0.2, 0) is 27.5 Å². The van der Waals surface area contributed by atoms with E-state index < -0.39 is 52.8 Å². The molecule has 0 spiro atoms. The van der Waals surface area contributed by atoms with Crippen LogP contribution in [0, 0.1) is 11.6 Å². The highest BCUT2D eigenvalue weighted by Crippen LogP contribution is 2.30. The number of alkyl carbamates (subject to hydrolysis) is 1. The summed E-state index contributed by atoms with van der Waals surface area (Å²) in [5.41, 5.74) is 3.81. The summed E-state index contributed by atoms with van der Waals surface area (Å²) in [5, 5.41) is 15.6. The molecule has 5 N–H and O–H groups in total. The average Bonchev–Trinajstić information content (AvgIpc) is 3.38. The third-order valence-corrected chi connectivity index (χ3v) is 6.97. The molecule has 15 heteroatoms. The third kappa shape index (κ3) is 9.53. The highest BCUT2D eigenvalue weighted by atomic mass is 19.1. The van der Waals surface area contributed by atoms with E-state index >= 15 is 0 Å². The molecule has 49 heavy (non-hydrogen) atoms. The van der Waals surface area contributed by atoms with Gasteiger partial charge in [-0.1, -0.05) is 18.2 Å². The Hall–Kier alpha value is -5.99. The number of hydrogen-bond acceptors (Lipinski definition) is 7. The zero-order valence-electron chi connectivity index (χ0n) is 26.9. The summed E-state index contributed by atoms with van der Waals surface area (Å²) in [5.74, 6) is -2.89. The molecule has 4 aromatic rings. The van der Waals surface area contributed by atoms with Crippen LogP contribution in [0.25, 0.3) is 10.9 Å². The number of amides is 3. The number of halogens is 2. The smallest absolute Gasteiger partial charge is 0.416 e. The van der Waals surface area contributed by atoms with Gasteiger partial charge in [0.25, 0.3) is 5.56 Å². The summed E-state index contributed by atoms with van der Waals surface area (Å²) in [7, 11) is 0. The zero-order valence-corrected chi connectivity index (χ0v) is 26.9. The van der Waals surface area contributed by atoms with Crippen molar-refractivity contribution >= 4 is 40.6 Å². The number of ether oxygens (including phenoxy) is 2. The van der Waals surface area contributed by atoms with Crippen LogP contribution in [0.4, 0.5) is 24.1 Å². The molecule has 0 unspecified atom stereocenters. The molecule has 0 saturated carbocycles. The van der Waals surface area contributed by atoms with Gasteiger partial charge >= 0.3 is 12.2 Å². The van der Waals surface area contributed by atoms with Gasteiger partial charge in [0.2, 0.25) is 11.8 Å². The number of hydrogen-bond donors (Lipinski definition) is 4.